The number of halogens is 2. The minimum atomic E-state index is -3.91. The smallest absolute Gasteiger partial charge is 0.238 e. The van der Waals surface area contributed by atoms with Gasteiger partial charge in [0, 0.05) is 6.04 Å². The average molecular weight is 306 g/mol. The van der Waals surface area contributed by atoms with Gasteiger partial charge in [0.05, 0.1) is 9.92 Å². The monoisotopic (exact) mass is 305 g/mol. The zero-order valence-corrected chi connectivity index (χ0v) is 11.8. The van der Waals surface area contributed by atoms with Crippen molar-refractivity contribution < 1.29 is 17.6 Å². The van der Waals surface area contributed by atoms with E-state index >= 15 is 0 Å². The highest BCUT2D eigenvalue weighted by atomic mass is 35.5. The van der Waals surface area contributed by atoms with Gasteiger partial charge in [-0.1, -0.05) is 11.6 Å². The van der Waals surface area contributed by atoms with Crippen molar-refractivity contribution in [1.82, 2.24) is 5.32 Å². The zero-order chi connectivity index (χ0) is 14.2. The van der Waals surface area contributed by atoms with Crippen LogP contribution in [0.3, 0.4) is 0 Å². The van der Waals surface area contributed by atoms with Crippen molar-refractivity contribution in [3.05, 3.63) is 29.0 Å². The molecule has 0 heterocycles. The molecule has 7 heteroatoms. The third kappa shape index (κ3) is 3.06. The first kappa shape index (κ1) is 14.3. The molecule has 1 aromatic rings. The van der Waals surface area contributed by atoms with Gasteiger partial charge < -0.3 is 5.32 Å². The lowest BCUT2D eigenvalue weighted by molar-refractivity contribution is -0.120. The van der Waals surface area contributed by atoms with Gasteiger partial charge in [-0.25, -0.2) is 12.8 Å². The SMILES string of the molecule is CC(C(=O)NC1CC1)S(=O)(=O)c1ccc(F)cc1Cl. The number of rotatable bonds is 4. The van der Waals surface area contributed by atoms with Gasteiger partial charge in [0.15, 0.2) is 9.84 Å². The number of carbonyl (C=O) groups excluding carboxylic acids is 1. The molecule has 1 aliphatic rings. The van der Waals surface area contributed by atoms with Crippen LogP contribution in [0.2, 0.25) is 5.02 Å². The summed E-state index contributed by atoms with van der Waals surface area (Å²) in [4.78, 5) is 11.6. The highest BCUT2D eigenvalue weighted by Gasteiger charge is 2.34. The topological polar surface area (TPSA) is 63.2 Å². The summed E-state index contributed by atoms with van der Waals surface area (Å²) in [5, 5.41) is 1.15. The fraction of sp³-hybridized carbons (Fsp3) is 0.417. The number of hydrogen-bond acceptors (Lipinski definition) is 3. The van der Waals surface area contributed by atoms with Gasteiger partial charge in [-0.05, 0) is 38.0 Å². The summed E-state index contributed by atoms with van der Waals surface area (Å²) in [7, 11) is -3.91. The molecule has 0 radical (unpaired) electrons. The third-order valence-corrected chi connectivity index (χ3v) is 5.50. The van der Waals surface area contributed by atoms with Gasteiger partial charge in [0.25, 0.3) is 0 Å². The largest absolute Gasteiger partial charge is 0.352 e. The molecule has 0 saturated heterocycles. The summed E-state index contributed by atoms with van der Waals surface area (Å²) >= 11 is 5.73. The molecular weight excluding hydrogens is 293 g/mol. The molecule has 2 rings (SSSR count). The Morgan fingerprint density at radius 3 is 2.63 bits per heavy atom. The van der Waals surface area contributed by atoms with Gasteiger partial charge in [0.1, 0.15) is 11.1 Å². The van der Waals surface area contributed by atoms with Gasteiger partial charge in [0.2, 0.25) is 5.91 Å². The number of benzene rings is 1. The first-order valence-electron chi connectivity index (χ1n) is 5.81. The molecule has 1 fully saturated rings. The van der Waals surface area contributed by atoms with E-state index in [1.807, 2.05) is 0 Å². The molecule has 1 saturated carbocycles. The van der Waals surface area contributed by atoms with E-state index in [4.69, 9.17) is 11.6 Å². The molecule has 1 amide bonds. The molecule has 0 bridgehead atoms. The second-order valence-corrected chi connectivity index (χ2v) is 7.19. The van der Waals surface area contributed by atoms with Crippen molar-refractivity contribution in [2.75, 3.05) is 0 Å². The second-order valence-electron chi connectivity index (χ2n) is 4.54. The fourth-order valence-corrected chi connectivity index (χ4v) is 3.39. The molecule has 1 unspecified atom stereocenters. The highest BCUT2D eigenvalue weighted by molar-refractivity contribution is 7.92. The summed E-state index contributed by atoms with van der Waals surface area (Å²) < 4.78 is 37.4. The third-order valence-electron chi connectivity index (χ3n) is 2.96. The van der Waals surface area contributed by atoms with E-state index in [0.29, 0.717) is 0 Å². The average Bonchev–Trinajstić information content (AvgIpc) is 3.11. The Bertz CT molecular complexity index is 613. The van der Waals surface area contributed by atoms with Crippen molar-refractivity contribution >= 4 is 27.3 Å². The van der Waals surface area contributed by atoms with Crippen LogP contribution in [0.25, 0.3) is 0 Å². The van der Waals surface area contributed by atoms with E-state index in [2.05, 4.69) is 5.32 Å². The quantitative estimate of drug-likeness (QED) is 0.864. The first-order chi connectivity index (χ1) is 8.82. The Kier molecular flexibility index (Phi) is 3.82. The van der Waals surface area contributed by atoms with E-state index in [-0.39, 0.29) is 16.0 Å². The van der Waals surface area contributed by atoms with Crippen molar-refractivity contribution in [1.29, 1.82) is 0 Å². The molecule has 0 aliphatic heterocycles. The van der Waals surface area contributed by atoms with Gasteiger partial charge in [-0.15, -0.1) is 0 Å². The summed E-state index contributed by atoms with van der Waals surface area (Å²) in [5.41, 5.74) is 0. The van der Waals surface area contributed by atoms with Crippen LogP contribution in [0.1, 0.15) is 19.8 Å². The summed E-state index contributed by atoms with van der Waals surface area (Å²) in [5.74, 6) is -1.18. The van der Waals surface area contributed by atoms with Crippen molar-refractivity contribution in [3.8, 4) is 0 Å². The lowest BCUT2D eigenvalue weighted by atomic mass is 10.3. The Balaban J connectivity index is 2.27. The van der Waals surface area contributed by atoms with Crippen LogP contribution >= 0.6 is 11.6 Å². The van der Waals surface area contributed by atoms with Crippen molar-refractivity contribution in [2.24, 2.45) is 0 Å². The lowest BCUT2D eigenvalue weighted by Crippen LogP contribution is -2.39. The standard InChI is InChI=1S/C12H13ClFNO3S/c1-7(12(16)15-9-3-4-9)19(17,18)11-5-2-8(14)6-10(11)13/h2,5-7,9H,3-4H2,1H3,(H,15,16). The maximum atomic E-state index is 12.9. The predicted octanol–water partition coefficient (Wildman–Crippen LogP) is 1.92. The Labute approximate surface area is 115 Å². The molecular formula is C12H13ClFNO3S. The normalized spacial score (nSPS) is 17.0. The van der Waals surface area contributed by atoms with E-state index in [1.54, 1.807) is 0 Å². The van der Waals surface area contributed by atoms with Crippen LogP contribution in [-0.2, 0) is 14.6 Å². The number of carbonyl (C=O) groups is 1. The first-order valence-corrected chi connectivity index (χ1v) is 7.74. The molecule has 0 aromatic heterocycles. The van der Waals surface area contributed by atoms with Crippen LogP contribution in [0.15, 0.2) is 23.1 Å². The maximum Gasteiger partial charge on any atom is 0.238 e. The fourth-order valence-electron chi connectivity index (χ4n) is 1.58. The zero-order valence-electron chi connectivity index (χ0n) is 10.2. The van der Waals surface area contributed by atoms with Crippen LogP contribution in [0.4, 0.5) is 4.39 Å². The molecule has 0 spiro atoms. The summed E-state index contributed by atoms with van der Waals surface area (Å²) in [6.07, 6.45) is 1.74. The summed E-state index contributed by atoms with van der Waals surface area (Å²) in [6.45, 7) is 1.30. The van der Waals surface area contributed by atoms with Crippen LogP contribution in [0, 0.1) is 5.82 Å². The van der Waals surface area contributed by atoms with Crippen LogP contribution in [0.5, 0.6) is 0 Å². The van der Waals surface area contributed by atoms with Crippen molar-refractivity contribution in [2.45, 2.75) is 36.0 Å². The highest BCUT2D eigenvalue weighted by Crippen LogP contribution is 2.26. The lowest BCUT2D eigenvalue weighted by Gasteiger charge is -2.14. The van der Waals surface area contributed by atoms with Crippen molar-refractivity contribution in [3.63, 3.8) is 0 Å². The molecule has 104 valence electrons. The van der Waals surface area contributed by atoms with E-state index in [1.165, 1.54) is 6.92 Å². The molecule has 1 aliphatic carbocycles. The molecule has 1 atom stereocenters. The summed E-state index contributed by atoms with van der Waals surface area (Å²) in [6, 6.07) is 3.08. The Morgan fingerprint density at radius 2 is 2.11 bits per heavy atom. The van der Waals surface area contributed by atoms with Crippen LogP contribution in [-0.4, -0.2) is 25.6 Å². The predicted molar refractivity (Wildman–Crippen MR) is 69.2 cm³/mol. The van der Waals surface area contributed by atoms with Gasteiger partial charge in [-0.3, -0.25) is 4.79 Å². The Hall–Kier alpha value is -1.14. The van der Waals surface area contributed by atoms with Crippen LogP contribution < -0.4 is 5.32 Å². The minimum Gasteiger partial charge on any atom is -0.352 e. The molecule has 19 heavy (non-hydrogen) atoms. The Morgan fingerprint density at radius 1 is 1.47 bits per heavy atom. The van der Waals surface area contributed by atoms with Gasteiger partial charge >= 0.3 is 0 Å². The number of sulfone groups is 1. The van der Waals surface area contributed by atoms with E-state index in [9.17, 15) is 17.6 Å². The molecule has 4 nitrogen and oxygen atoms in total. The van der Waals surface area contributed by atoms with Gasteiger partial charge in [-0.2, -0.15) is 0 Å². The number of nitrogens with one attached hydrogen (secondary N) is 1. The molecule has 1 N–H and O–H groups in total. The van der Waals surface area contributed by atoms with E-state index in [0.717, 1.165) is 31.0 Å². The second kappa shape index (κ2) is 5.09. The maximum absolute atomic E-state index is 12.9. The number of amides is 1. The molecule has 1 aromatic carbocycles. The number of hydrogen-bond donors (Lipinski definition) is 1. The van der Waals surface area contributed by atoms with E-state index < -0.39 is 26.8 Å². The minimum absolute atomic E-state index is 0.0776.